The van der Waals surface area contributed by atoms with E-state index in [1.54, 1.807) is 24.3 Å². The molecule has 1 unspecified atom stereocenters. The number of halogens is 3. The Morgan fingerprint density at radius 1 is 1.23 bits per heavy atom. The van der Waals surface area contributed by atoms with Gasteiger partial charge in [0, 0.05) is 6.42 Å². The molecule has 1 aliphatic carbocycles. The number of hydrogen-bond donors (Lipinski definition) is 0. The van der Waals surface area contributed by atoms with Crippen LogP contribution in [0.25, 0.3) is 0 Å². The second-order valence-corrected chi connectivity index (χ2v) is 3.10. The fraction of sp³-hybridized carbons (Fsp3) is 0.300. The van der Waals surface area contributed by atoms with Gasteiger partial charge in [0.2, 0.25) is 0 Å². The highest BCUT2D eigenvalue weighted by Gasteiger charge is 2.43. The van der Waals surface area contributed by atoms with Crippen LogP contribution in [0.4, 0.5) is 13.2 Å². The molecule has 0 aromatic heterocycles. The Hall–Kier alpha value is -0.990. The Morgan fingerprint density at radius 3 is 2.54 bits per heavy atom. The van der Waals surface area contributed by atoms with Gasteiger partial charge in [-0.1, -0.05) is 24.3 Å². The molecular formula is C10H7F3. The molecule has 1 aliphatic rings. The van der Waals surface area contributed by atoms with Gasteiger partial charge in [-0.3, -0.25) is 0 Å². The van der Waals surface area contributed by atoms with Crippen LogP contribution in [0.15, 0.2) is 24.3 Å². The summed E-state index contributed by atoms with van der Waals surface area (Å²) in [4.78, 5) is 0. The zero-order valence-electron chi connectivity index (χ0n) is 6.73. The quantitative estimate of drug-likeness (QED) is 0.581. The maximum atomic E-state index is 12.3. The maximum absolute atomic E-state index is 12.3. The lowest BCUT2D eigenvalue weighted by molar-refractivity contribution is -0.162. The Bertz CT molecular complexity index is 289. The van der Waals surface area contributed by atoms with E-state index in [0.29, 0.717) is 5.56 Å². The summed E-state index contributed by atoms with van der Waals surface area (Å²) in [6, 6.07) is 6.86. The standard InChI is InChI=1S/C10H7F3/c11-10(12,13)9-5-7-3-1-2-4-8(7)6-9/h1-4,9H,5H2. The summed E-state index contributed by atoms with van der Waals surface area (Å²) < 4.78 is 36.8. The molecule has 0 nitrogen and oxygen atoms in total. The smallest absolute Gasteiger partial charge is 0.171 e. The molecule has 0 aliphatic heterocycles. The van der Waals surface area contributed by atoms with Crippen LogP contribution in [0, 0.1) is 12.3 Å². The van der Waals surface area contributed by atoms with Crippen LogP contribution in [0.1, 0.15) is 11.1 Å². The molecule has 0 saturated carbocycles. The first kappa shape index (κ1) is 8.60. The third-order valence-electron chi connectivity index (χ3n) is 2.17. The van der Waals surface area contributed by atoms with Crippen molar-refractivity contribution >= 4 is 0 Å². The van der Waals surface area contributed by atoms with Crippen molar-refractivity contribution in [3.63, 3.8) is 0 Å². The molecule has 1 aromatic rings. The molecule has 13 heavy (non-hydrogen) atoms. The van der Waals surface area contributed by atoms with E-state index < -0.39 is 12.1 Å². The van der Waals surface area contributed by atoms with Crippen LogP contribution in [0.5, 0.6) is 0 Å². The van der Waals surface area contributed by atoms with Gasteiger partial charge in [-0.05, 0) is 17.5 Å². The molecule has 0 saturated heterocycles. The molecule has 0 bridgehead atoms. The average molecular weight is 184 g/mol. The van der Waals surface area contributed by atoms with E-state index in [9.17, 15) is 13.2 Å². The second-order valence-electron chi connectivity index (χ2n) is 3.10. The lowest BCUT2D eigenvalue weighted by Crippen LogP contribution is -2.21. The molecule has 2 radical (unpaired) electrons. The maximum Gasteiger partial charge on any atom is 0.393 e. The molecule has 0 fully saturated rings. The van der Waals surface area contributed by atoms with Gasteiger partial charge in [0.1, 0.15) is 0 Å². The minimum atomic E-state index is -4.15. The van der Waals surface area contributed by atoms with Crippen LogP contribution in [0.2, 0.25) is 0 Å². The number of rotatable bonds is 0. The van der Waals surface area contributed by atoms with Gasteiger partial charge >= 0.3 is 6.18 Å². The summed E-state index contributed by atoms with van der Waals surface area (Å²) in [5, 5.41) is 0. The summed E-state index contributed by atoms with van der Waals surface area (Å²) in [5.74, 6) is -1.41. The molecule has 1 atom stereocenters. The summed E-state index contributed by atoms with van der Waals surface area (Å²) in [6.45, 7) is 0. The SMILES string of the molecule is FC(F)(F)C1[C]c2ccccc2C1. The summed E-state index contributed by atoms with van der Waals surface area (Å²) >= 11 is 0. The summed E-state index contributed by atoms with van der Waals surface area (Å²) in [5.41, 5.74) is 1.34. The van der Waals surface area contributed by atoms with Crippen molar-refractivity contribution in [3.8, 4) is 0 Å². The predicted molar refractivity (Wildman–Crippen MR) is 42.0 cm³/mol. The molecule has 0 heterocycles. The van der Waals surface area contributed by atoms with Gasteiger partial charge in [-0.15, -0.1) is 0 Å². The van der Waals surface area contributed by atoms with Crippen molar-refractivity contribution in [2.75, 3.05) is 0 Å². The van der Waals surface area contributed by atoms with Crippen molar-refractivity contribution in [3.05, 3.63) is 41.8 Å². The zero-order chi connectivity index (χ0) is 9.47. The van der Waals surface area contributed by atoms with Crippen LogP contribution < -0.4 is 0 Å². The molecule has 1 aromatic carbocycles. The normalized spacial score (nSPS) is 17.5. The van der Waals surface area contributed by atoms with Gasteiger partial charge in [-0.25, -0.2) is 0 Å². The van der Waals surface area contributed by atoms with Crippen LogP contribution in [-0.4, -0.2) is 6.18 Å². The Labute approximate surface area is 74.4 Å². The Balaban J connectivity index is 2.23. The van der Waals surface area contributed by atoms with Crippen LogP contribution in [-0.2, 0) is 6.42 Å². The third kappa shape index (κ3) is 1.55. The number of hydrogen-bond acceptors (Lipinski definition) is 0. The molecule has 0 amide bonds. The fourth-order valence-electron chi connectivity index (χ4n) is 1.50. The highest BCUT2D eigenvalue weighted by atomic mass is 19.4. The topological polar surface area (TPSA) is 0 Å². The second kappa shape index (κ2) is 2.76. The van der Waals surface area contributed by atoms with Crippen LogP contribution in [0.3, 0.4) is 0 Å². The first-order valence-corrected chi connectivity index (χ1v) is 3.98. The third-order valence-corrected chi connectivity index (χ3v) is 2.17. The molecule has 0 spiro atoms. The van der Waals surface area contributed by atoms with Gasteiger partial charge in [0.05, 0.1) is 5.92 Å². The highest BCUT2D eigenvalue weighted by molar-refractivity contribution is 5.39. The molecule has 0 N–H and O–H groups in total. The largest absolute Gasteiger partial charge is 0.393 e. The zero-order valence-corrected chi connectivity index (χ0v) is 6.73. The first-order chi connectivity index (χ1) is 6.07. The Kier molecular flexibility index (Phi) is 1.82. The van der Waals surface area contributed by atoms with E-state index >= 15 is 0 Å². The lowest BCUT2D eigenvalue weighted by atomic mass is 10.1. The molecular weight excluding hydrogens is 177 g/mol. The van der Waals surface area contributed by atoms with E-state index in [1.165, 1.54) is 0 Å². The summed E-state index contributed by atoms with van der Waals surface area (Å²) in [7, 11) is 0. The molecule has 3 heteroatoms. The number of fused-ring (bicyclic) bond motifs is 1. The summed E-state index contributed by atoms with van der Waals surface area (Å²) in [6.07, 6.45) is -1.66. The minimum absolute atomic E-state index is 0.0413. The van der Waals surface area contributed by atoms with E-state index in [1.807, 2.05) is 0 Å². The average Bonchev–Trinajstić information content (AvgIpc) is 2.45. The fourth-order valence-corrected chi connectivity index (χ4v) is 1.50. The molecule has 2 rings (SSSR count). The van der Waals surface area contributed by atoms with Crippen molar-refractivity contribution in [1.29, 1.82) is 0 Å². The van der Waals surface area contributed by atoms with Gasteiger partial charge < -0.3 is 0 Å². The minimum Gasteiger partial charge on any atom is -0.171 e. The van der Waals surface area contributed by atoms with Gasteiger partial charge in [0.25, 0.3) is 0 Å². The number of benzene rings is 1. The van der Waals surface area contributed by atoms with Crippen molar-refractivity contribution < 1.29 is 13.2 Å². The number of alkyl halides is 3. The van der Waals surface area contributed by atoms with Gasteiger partial charge in [0.15, 0.2) is 0 Å². The molecule has 68 valence electrons. The monoisotopic (exact) mass is 184 g/mol. The Morgan fingerprint density at radius 2 is 1.92 bits per heavy atom. The van der Waals surface area contributed by atoms with Crippen molar-refractivity contribution in [1.82, 2.24) is 0 Å². The highest BCUT2D eigenvalue weighted by Crippen LogP contribution is 2.39. The lowest BCUT2D eigenvalue weighted by Gasteiger charge is -2.12. The van der Waals surface area contributed by atoms with E-state index in [2.05, 4.69) is 6.42 Å². The first-order valence-electron chi connectivity index (χ1n) is 3.98. The van der Waals surface area contributed by atoms with E-state index in [-0.39, 0.29) is 6.42 Å². The van der Waals surface area contributed by atoms with Crippen molar-refractivity contribution in [2.24, 2.45) is 5.92 Å². The van der Waals surface area contributed by atoms with Gasteiger partial charge in [-0.2, -0.15) is 13.2 Å². The van der Waals surface area contributed by atoms with Crippen LogP contribution >= 0.6 is 0 Å². The predicted octanol–water partition coefficient (Wildman–Crippen LogP) is 2.85. The van der Waals surface area contributed by atoms with E-state index in [0.717, 1.165) is 5.56 Å². The van der Waals surface area contributed by atoms with Crippen molar-refractivity contribution in [2.45, 2.75) is 12.6 Å². The van der Waals surface area contributed by atoms with E-state index in [4.69, 9.17) is 0 Å².